The first-order valence-electron chi connectivity index (χ1n) is 8.10. The first kappa shape index (κ1) is 15.1. The van der Waals surface area contributed by atoms with Crippen LogP contribution in [0.2, 0.25) is 0 Å². The number of aromatic nitrogens is 2. The zero-order valence-corrected chi connectivity index (χ0v) is 13.2. The van der Waals surface area contributed by atoms with Gasteiger partial charge in [0.05, 0.1) is 11.1 Å². The van der Waals surface area contributed by atoms with Crippen molar-refractivity contribution >= 4 is 0 Å². The largest absolute Gasteiger partial charge is 0.461 e. The van der Waals surface area contributed by atoms with Gasteiger partial charge in [0.15, 0.2) is 5.82 Å². The highest BCUT2D eigenvalue weighted by Crippen LogP contribution is 2.36. The molecule has 2 heterocycles. The number of nitrogens with zero attached hydrogens (tertiary/aromatic N) is 2. The van der Waals surface area contributed by atoms with Gasteiger partial charge in [-0.15, -0.1) is 0 Å². The van der Waals surface area contributed by atoms with Crippen LogP contribution in [0.1, 0.15) is 36.7 Å². The van der Waals surface area contributed by atoms with E-state index in [4.69, 9.17) is 14.7 Å². The third kappa shape index (κ3) is 2.73. The molecule has 0 unspecified atom stereocenters. The molecule has 0 saturated heterocycles. The van der Waals surface area contributed by atoms with Crippen LogP contribution in [0.3, 0.4) is 0 Å². The van der Waals surface area contributed by atoms with Crippen LogP contribution in [-0.4, -0.2) is 10.1 Å². The van der Waals surface area contributed by atoms with Crippen molar-refractivity contribution in [3.8, 4) is 11.3 Å². The van der Waals surface area contributed by atoms with Gasteiger partial charge in [-0.2, -0.15) is 4.98 Å². The van der Waals surface area contributed by atoms with Gasteiger partial charge >= 0.3 is 0 Å². The molecule has 2 N–H and O–H groups in total. The fraction of sp³-hybridized carbons (Fsp3) is 0.333. The molecule has 4 rings (SSSR count). The molecule has 0 spiro atoms. The molecule has 1 aliphatic carbocycles. The average Bonchev–Trinajstić information content (AvgIpc) is 3.20. The minimum Gasteiger partial charge on any atom is -0.461 e. The molecule has 0 radical (unpaired) electrons. The standard InChI is InChI=1S/C18H18FN3O2/c19-14-5-2-1-4-13(14)15-8-6-12(23-15)7-9-16-21-17(22-24-16)18(20)10-3-11-18/h1-2,4-6,8H,3,7,9-11,20H2. The summed E-state index contributed by atoms with van der Waals surface area (Å²) >= 11 is 0. The van der Waals surface area contributed by atoms with E-state index < -0.39 is 5.54 Å². The van der Waals surface area contributed by atoms with Gasteiger partial charge in [0.2, 0.25) is 5.89 Å². The van der Waals surface area contributed by atoms with Gasteiger partial charge in [0, 0.05) is 12.8 Å². The first-order valence-corrected chi connectivity index (χ1v) is 8.10. The maximum Gasteiger partial charge on any atom is 0.227 e. The van der Waals surface area contributed by atoms with Gasteiger partial charge in [-0.1, -0.05) is 17.3 Å². The van der Waals surface area contributed by atoms with Crippen molar-refractivity contribution in [1.82, 2.24) is 10.1 Å². The molecule has 0 atom stereocenters. The van der Waals surface area contributed by atoms with E-state index in [1.165, 1.54) is 6.07 Å². The number of halogens is 1. The van der Waals surface area contributed by atoms with Crippen molar-refractivity contribution in [2.45, 2.75) is 37.6 Å². The Hall–Kier alpha value is -2.47. The maximum atomic E-state index is 13.8. The lowest BCUT2D eigenvalue weighted by Crippen LogP contribution is -2.44. The Kier molecular flexibility index (Phi) is 3.69. The summed E-state index contributed by atoms with van der Waals surface area (Å²) in [7, 11) is 0. The summed E-state index contributed by atoms with van der Waals surface area (Å²) < 4.78 is 24.8. The molecule has 0 bridgehead atoms. The molecule has 0 amide bonds. The Bertz CT molecular complexity index is 851. The van der Waals surface area contributed by atoms with E-state index in [1.54, 1.807) is 24.3 Å². The maximum absolute atomic E-state index is 13.8. The highest BCUT2D eigenvalue weighted by Gasteiger charge is 2.38. The predicted molar refractivity (Wildman–Crippen MR) is 85.5 cm³/mol. The summed E-state index contributed by atoms with van der Waals surface area (Å²) in [5, 5.41) is 4.00. The summed E-state index contributed by atoms with van der Waals surface area (Å²) in [6.45, 7) is 0. The third-order valence-corrected chi connectivity index (χ3v) is 4.55. The molecule has 3 aromatic rings. The van der Waals surface area contributed by atoms with Crippen LogP contribution in [0, 0.1) is 5.82 Å². The Morgan fingerprint density at radius 2 is 1.96 bits per heavy atom. The lowest BCUT2D eigenvalue weighted by atomic mass is 9.77. The van der Waals surface area contributed by atoms with Crippen molar-refractivity contribution in [2.75, 3.05) is 0 Å². The van der Waals surface area contributed by atoms with Crippen LogP contribution in [0.5, 0.6) is 0 Å². The molecule has 1 aromatic carbocycles. The van der Waals surface area contributed by atoms with E-state index in [1.807, 2.05) is 6.07 Å². The number of hydrogen-bond donors (Lipinski definition) is 1. The smallest absolute Gasteiger partial charge is 0.227 e. The highest BCUT2D eigenvalue weighted by molar-refractivity contribution is 5.58. The molecule has 5 nitrogen and oxygen atoms in total. The van der Waals surface area contributed by atoms with Gasteiger partial charge in [-0.25, -0.2) is 4.39 Å². The summed E-state index contributed by atoms with van der Waals surface area (Å²) in [4.78, 5) is 4.39. The minimum atomic E-state index is -0.412. The Balaban J connectivity index is 1.43. The molecule has 1 saturated carbocycles. The SMILES string of the molecule is NC1(c2noc(CCc3ccc(-c4ccccc4F)o3)n2)CCC1. The zero-order valence-electron chi connectivity index (χ0n) is 13.2. The van der Waals surface area contributed by atoms with Crippen LogP contribution in [-0.2, 0) is 18.4 Å². The number of aryl methyl sites for hydroxylation is 2. The Labute approximate surface area is 138 Å². The molecule has 1 fully saturated rings. The second kappa shape index (κ2) is 5.87. The number of nitrogens with two attached hydrogens (primary N) is 1. The number of furan rings is 1. The summed E-state index contributed by atoms with van der Waals surface area (Å²) in [6.07, 6.45) is 4.07. The van der Waals surface area contributed by atoms with E-state index in [0.29, 0.717) is 35.9 Å². The van der Waals surface area contributed by atoms with Crippen LogP contribution in [0.4, 0.5) is 4.39 Å². The van der Waals surface area contributed by atoms with Crippen molar-refractivity contribution in [3.63, 3.8) is 0 Å². The third-order valence-electron chi connectivity index (χ3n) is 4.55. The summed E-state index contributed by atoms with van der Waals surface area (Å²) in [5.41, 5.74) is 6.23. The first-order chi connectivity index (χ1) is 11.6. The van der Waals surface area contributed by atoms with E-state index >= 15 is 0 Å². The second-order valence-electron chi connectivity index (χ2n) is 6.27. The molecule has 124 valence electrons. The van der Waals surface area contributed by atoms with Crippen LogP contribution >= 0.6 is 0 Å². The van der Waals surface area contributed by atoms with E-state index in [-0.39, 0.29) is 5.82 Å². The van der Waals surface area contributed by atoms with Crippen molar-refractivity contribution < 1.29 is 13.3 Å². The lowest BCUT2D eigenvalue weighted by molar-refractivity contribution is 0.229. The topological polar surface area (TPSA) is 78.1 Å². The molecule has 6 heteroatoms. The van der Waals surface area contributed by atoms with Crippen molar-refractivity contribution in [1.29, 1.82) is 0 Å². The Morgan fingerprint density at radius 1 is 1.12 bits per heavy atom. The summed E-state index contributed by atoms with van der Waals surface area (Å²) in [6, 6.07) is 10.2. The molecule has 1 aliphatic rings. The van der Waals surface area contributed by atoms with E-state index in [0.717, 1.165) is 25.0 Å². The molecule has 0 aliphatic heterocycles. The summed E-state index contributed by atoms with van der Waals surface area (Å²) in [5.74, 6) is 2.11. The number of benzene rings is 1. The number of rotatable bonds is 5. The number of hydrogen-bond acceptors (Lipinski definition) is 5. The van der Waals surface area contributed by atoms with E-state index in [9.17, 15) is 4.39 Å². The van der Waals surface area contributed by atoms with Crippen LogP contribution in [0.15, 0.2) is 45.3 Å². The highest BCUT2D eigenvalue weighted by atomic mass is 19.1. The predicted octanol–water partition coefficient (Wildman–Crippen LogP) is 3.59. The fourth-order valence-electron chi connectivity index (χ4n) is 2.89. The zero-order chi connectivity index (χ0) is 16.6. The van der Waals surface area contributed by atoms with Crippen molar-refractivity contribution in [2.24, 2.45) is 5.73 Å². The quantitative estimate of drug-likeness (QED) is 0.775. The molecule has 2 aromatic heterocycles. The van der Waals surface area contributed by atoms with Gasteiger partial charge in [0.1, 0.15) is 17.3 Å². The second-order valence-corrected chi connectivity index (χ2v) is 6.27. The van der Waals surface area contributed by atoms with E-state index in [2.05, 4.69) is 10.1 Å². The van der Waals surface area contributed by atoms with Gasteiger partial charge in [0.25, 0.3) is 0 Å². The van der Waals surface area contributed by atoms with Crippen LogP contribution < -0.4 is 5.73 Å². The minimum absolute atomic E-state index is 0.298. The average molecular weight is 327 g/mol. The van der Waals surface area contributed by atoms with Crippen molar-refractivity contribution in [3.05, 3.63) is 59.7 Å². The molecular weight excluding hydrogens is 309 g/mol. The molecular formula is C18H18FN3O2. The van der Waals surface area contributed by atoms with Gasteiger partial charge < -0.3 is 14.7 Å². The normalized spacial score (nSPS) is 16.1. The van der Waals surface area contributed by atoms with Gasteiger partial charge in [-0.3, -0.25) is 0 Å². The fourth-order valence-corrected chi connectivity index (χ4v) is 2.89. The Morgan fingerprint density at radius 3 is 2.71 bits per heavy atom. The lowest BCUT2D eigenvalue weighted by Gasteiger charge is -2.34. The molecule has 24 heavy (non-hydrogen) atoms. The van der Waals surface area contributed by atoms with Gasteiger partial charge in [-0.05, 0) is 43.5 Å². The monoisotopic (exact) mass is 327 g/mol. The van der Waals surface area contributed by atoms with Crippen LogP contribution in [0.25, 0.3) is 11.3 Å².